The predicted octanol–water partition coefficient (Wildman–Crippen LogP) is 16.0. The fourth-order valence-electron chi connectivity index (χ4n) is 10.3. The lowest BCUT2D eigenvalue weighted by atomic mass is 9.74. The van der Waals surface area contributed by atoms with E-state index in [1.165, 1.54) is 11.1 Å². The highest BCUT2D eigenvalue weighted by Crippen LogP contribution is 2.54. The van der Waals surface area contributed by atoms with Gasteiger partial charge in [-0.1, -0.05) is 167 Å². The number of fused-ring (bicyclic) bond motifs is 7. The third-order valence-corrected chi connectivity index (χ3v) is 13.4. The molecule has 11 rings (SSSR count). The zero-order chi connectivity index (χ0) is 42.8. The summed E-state index contributed by atoms with van der Waals surface area (Å²) < 4.78 is 13.7. The average Bonchev–Trinajstić information content (AvgIpc) is 3.97. The van der Waals surface area contributed by atoms with Gasteiger partial charge in [-0.05, 0) is 100 Å². The first kappa shape index (κ1) is 38.4. The zero-order valence-electron chi connectivity index (χ0n) is 35.8. The highest BCUT2D eigenvalue weighted by atomic mass is 16.3. The van der Waals surface area contributed by atoms with Gasteiger partial charge in [0.25, 0.3) is 0 Å². The van der Waals surface area contributed by atoms with Crippen molar-refractivity contribution in [3.8, 4) is 11.1 Å². The second-order valence-electron chi connectivity index (χ2n) is 17.6. The maximum Gasteiger partial charge on any atom is 0.143 e. The van der Waals surface area contributed by atoms with Crippen molar-refractivity contribution in [2.45, 2.75) is 38.1 Å². The minimum atomic E-state index is -0.426. The van der Waals surface area contributed by atoms with Crippen molar-refractivity contribution in [2.24, 2.45) is 5.92 Å². The quantitative estimate of drug-likeness (QED) is 0.149. The van der Waals surface area contributed by atoms with Crippen LogP contribution in [0.2, 0.25) is 0 Å². The number of rotatable bonds is 10. The van der Waals surface area contributed by atoms with Crippen LogP contribution in [-0.2, 0) is 5.41 Å². The monoisotopic (exact) mass is 816 g/mol. The van der Waals surface area contributed by atoms with Gasteiger partial charge in [0.15, 0.2) is 0 Å². The van der Waals surface area contributed by atoms with E-state index in [-0.39, 0.29) is 5.41 Å². The van der Waals surface area contributed by atoms with Gasteiger partial charge in [0.2, 0.25) is 0 Å². The Morgan fingerprint density at radius 1 is 0.651 bits per heavy atom. The second-order valence-corrected chi connectivity index (χ2v) is 17.6. The Hall–Kier alpha value is -7.56. The molecule has 306 valence electrons. The Labute approximate surface area is 368 Å². The molecule has 0 fully saturated rings. The van der Waals surface area contributed by atoms with E-state index in [1.54, 1.807) is 0 Å². The van der Waals surface area contributed by atoms with E-state index >= 15 is 0 Å². The molecule has 0 spiro atoms. The number of hydrogen-bond donors (Lipinski definition) is 1. The minimum absolute atomic E-state index is 0.00735. The molecular formula is C59H48N2O2. The van der Waals surface area contributed by atoms with Crippen LogP contribution in [0, 0.1) is 5.92 Å². The Kier molecular flexibility index (Phi) is 9.20. The number of hydrogen-bond acceptors (Lipinski definition) is 4. The molecule has 1 N–H and O–H groups in total. The predicted molar refractivity (Wildman–Crippen MR) is 263 cm³/mol. The number of allylic oxidation sites excluding steroid dienone is 5. The molecule has 0 saturated heterocycles. The molecular weight excluding hydrogens is 769 g/mol. The van der Waals surface area contributed by atoms with E-state index in [0.717, 1.165) is 94.8 Å². The van der Waals surface area contributed by atoms with Crippen LogP contribution in [0.3, 0.4) is 0 Å². The molecule has 0 radical (unpaired) electrons. The summed E-state index contributed by atoms with van der Waals surface area (Å²) in [6, 6.07) is 57.4. The van der Waals surface area contributed by atoms with Crippen LogP contribution in [0.15, 0.2) is 210 Å². The van der Waals surface area contributed by atoms with Gasteiger partial charge in [-0.2, -0.15) is 0 Å². The molecule has 4 heteroatoms. The highest BCUT2D eigenvalue weighted by Gasteiger charge is 2.44. The van der Waals surface area contributed by atoms with E-state index < -0.39 is 6.04 Å². The molecule has 4 nitrogen and oxygen atoms in total. The number of anilines is 3. The largest absolute Gasteiger partial charge is 0.458 e. The number of benzene rings is 7. The van der Waals surface area contributed by atoms with Crippen LogP contribution in [0.1, 0.15) is 66.3 Å². The topological polar surface area (TPSA) is 41.6 Å². The lowest BCUT2D eigenvalue weighted by Gasteiger charge is -2.30. The van der Waals surface area contributed by atoms with Crippen LogP contribution >= 0.6 is 0 Å². The summed E-state index contributed by atoms with van der Waals surface area (Å²) in [5, 5.41) is 6.92. The van der Waals surface area contributed by atoms with Gasteiger partial charge in [-0.15, -0.1) is 0 Å². The summed E-state index contributed by atoms with van der Waals surface area (Å²) in [5.41, 5.74) is 15.4. The van der Waals surface area contributed by atoms with E-state index in [4.69, 9.17) is 8.83 Å². The van der Waals surface area contributed by atoms with Crippen molar-refractivity contribution >= 4 is 61.2 Å². The molecule has 0 saturated carbocycles. The minimum Gasteiger partial charge on any atom is -0.458 e. The highest BCUT2D eigenvalue weighted by molar-refractivity contribution is 6.12. The summed E-state index contributed by atoms with van der Waals surface area (Å²) in [6.07, 6.45) is 9.16. The standard InChI is InChI=1S/C59H48N2O2/c1-37(2)54-47-23-13-16-26-52(47)63-58(54)56(60-38(3)39-18-8-6-9-19-39)49-35-34-44(57-55(49)48-24-14-17-27-53(48)62-57)40-28-30-42(31-29-40)61(41-20-10-7-11-21-41)43-32-33-46-45-22-12-15-25-50(45)59(4,5)51(46)36-43/h6-36,45,50,56,60H,1,3H2,2,4-5H3. The van der Waals surface area contributed by atoms with Gasteiger partial charge in [0, 0.05) is 56.0 Å². The summed E-state index contributed by atoms with van der Waals surface area (Å²) in [4.78, 5) is 2.37. The summed E-state index contributed by atoms with van der Waals surface area (Å²) in [5.74, 6) is 1.63. The lowest BCUT2D eigenvalue weighted by molar-refractivity contribution is 0.394. The Balaban J connectivity index is 1.05. The van der Waals surface area contributed by atoms with Gasteiger partial charge >= 0.3 is 0 Å². The first-order valence-corrected chi connectivity index (χ1v) is 21.8. The van der Waals surface area contributed by atoms with E-state index in [9.17, 15) is 0 Å². The molecule has 0 bridgehead atoms. The summed E-state index contributed by atoms with van der Waals surface area (Å²) in [7, 11) is 0. The number of nitrogens with one attached hydrogen (secondary N) is 1. The van der Waals surface area contributed by atoms with Crippen molar-refractivity contribution in [1.82, 2.24) is 5.32 Å². The van der Waals surface area contributed by atoms with Crippen molar-refractivity contribution in [1.29, 1.82) is 0 Å². The molecule has 0 amide bonds. The van der Waals surface area contributed by atoms with Crippen LogP contribution in [0.25, 0.3) is 55.3 Å². The molecule has 0 aliphatic heterocycles. The van der Waals surface area contributed by atoms with Gasteiger partial charge < -0.3 is 19.1 Å². The van der Waals surface area contributed by atoms with E-state index in [2.05, 4.69) is 183 Å². The molecule has 2 aliphatic carbocycles. The molecule has 2 heterocycles. The second kappa shape index (κ2) is 15.1. The lowest BCUT2D eigenvalue weighted by Crippen LogP contribution is -2.24. The number of nitrogens with zero attached hydrogens (tertiary/aromatic N) is 1. The van der Waals surface area contributed by atoms with Crippen molar-refractivity contribution in [3.05, 3.63) is 235 Å². The molecule has 63 heavy (non-hydrogen) atoms. The molecule has 3 atom stereocenters. The molecule has 3 unspecified atom stereocenters. The average molecular weight is 817 g/mol. The van der Waals surface area contributed by atoms with Crippen molar-refractivity contribution < 1.29 is 8.83 Å². The number of para-hydroxylation sites is 3. The van der Waals surface area contributed by atoms with Gasteiger partial charge in [-0.25, -0.2) is 0 Å². The first-order chi connectivity index (χ1) is 30.8. The first-order valence-electron chi connectivity index (χ1n) is 21.8. The third kappa shape index (κ3) is 6.36. The fraction of sp³-hybridized carbons (Fsp3) is 0.119. The Morgan fingerprint density at radius 2 is 1.29 bits per heavy atom. The maximum absolute atomic E-state index is 6.89. The number of furan rings is 2. The summed E-state index contributed by atoms with van der Waals surface area (Å²) in [6.45, 7) is 15.8. The molecule has 7 aromatic carbocycles. The van der Waals surface area contributed by atoms with Crippen LogP contribution in [-0.4, -0.2) is 0 Å². The van der Waals surface area contributed by atoms with Gasteiger partial charge in [0.1, 0.15) is 28.6 Å². The maximum atomic E-state index is 6.89. The Bertz CT molecular complexity index is 3290. The van der Waals surface area contributed by atoms with Crippen LogP contribution in [0.5, 0.6) is 0 Å². The van der Waals surface area contributed by atoms with E-state index in [1.807, 2.05) is 49.4 Å². The summed E-state index contributed by atoms with van der Waals surface area (Å²) >= 11 is 0. The third-order valence-electron chi connectivity index (χ3n) is 13.4. The van der Waals surface area contributed by atoms with Gasteiger partial charge in [0.05, 0.1) is 0 Å². The molecule has 9 aromatic rings. The van der Waals surface area contributed by atoms with Crippen LogP contribution in [0.4, 0.5) is 17.1 Å². The normalized spacial score (nSPS) is 16.6. The van der Waals surface area contributed by atoms with Crippen molar-refractivity contribution in [2.75, 3.05) is 4.90 Å². The van der Waals surface area contributed by atoms with Gasteiger partial charge in [-0.3, -0.25) is 0 Å². The SMILES string of the molecule is C=C(NC(c1oc2ccccc2c1C(=C)C)c1ccc(-c2ccc(N(c3ccccc3)c3ccc4c(c3)C(C)(C)C3C=CC=CC43)cc2)c2oc3ccccc3c12)c1ccccc1. The zero-order valence-corrected chi connectivity index (χ0v) is 35.8. The Morgan fingerprint density at radius 3 is 2.03 bits per heavy atom. The fourth-order valence-corrected chi connectivity index (χ4v) is 10.3. The van der Waals surface area contributed by atoms with E-state index in [0.29, 0.717) is 11.8 Å². The molecule has 2 aliphatic rings. The van der Waals surface area contributed by atoms with Crippen LogP contribution < -0.4 is 10.2 Å². The van der Waals surface area contributed by atoms with Crippen molar-refractivity contribution in [3.63, 3.8) is 0 Å². The smallest absolute Gasteiger partial charge is 0.143 e. The molecule has 2 aromatic heterocycles.